The van der Waals surface area contributed by atoms with Gasteiger partial charge in [-0.2, -0.15) is 0 Å². The number of nitrogens with zero attached hydrogens (tertiary/aromatic N) is 1. The molecule has 1 unspecified atom stereocenters. The van der Waals surface area contributed by atoms with Crippen LogP contribution in [-0.4, -0.2) is 17.7 Å². The van der Waals surface area contributed by atoms with Crippen LogP contribution in [0.3, 0.4) is 0 Å². The molecule has 1 heterocycles. The maximum Gasteiger partial charge on any atom is 0.510 e. The molecule has 0 aliphatic rings. The van der Waals surface area contributed by atoms with Crippen LogP contribution in [0.4, 0.5) is 4.79 Å². The number of nitrogens with two attached hydrogens (primary N) is 1. The number of pyridine rings is 1. The van der Waals surface area contributed by atoms with Crippen LogP contribution in [0.1, 0.15) is 31.7 Å². The Morgan fingerprint density at radius 1 is 1.56 bits per heavy atom. The Hall–Kier alpha value is -1.62. The number of carbonyl (C=O) groups excluding carboxylic acids is 1. The molecular formula is C11H16N2O3. The Morgan fingerprint density at radius 3 is 3.00 bits per heavy atom. The van der Waals surface area contributed by atoms with Gasteiger partial charge >= 0.3 is 6.16 Å². The van der Waals surface area contributed by atoms with Crippen LogP contribution in [0, 0.1) is 0 Å². The van der Waals surface area contributed by atoms with Crippen molar-refractivity contribution in [2.45, 2.75) is 26.0 Å². The summed E-state index contributed by atoms with van der Waals surface area (Å²) in [6, 6.07) is 5.22. The van der Waals surface area contributed by atoms with E-state index in [4.69, 9.17) is 15.2 Å². The number of hydrogen-bond acceptors (Lipinski definition) is 5. The molecule has 0 aromatic carbocycles. The van der Waals surface area contributed by atoms with E-state index < -0.39 is 12.4 Å². The molecule has 0 aliphatic carbocycles. The van der Waals surface area contributed by atoms with E-state index in [0.29, 0.717) is 12.3 Å². The monoisotopic (exact) mass is 224 g/mol. The Bertz CT molecular complexity index is 316. The number of hydrogen-bond donors (Lipinski definition) is 1. The van der Waals surface area contributed by atoms with Crippen LogP contribution >= 0.6 is 0 Å². The minimum atomic E-state index is -0.879. The van der Waals surface area contributed by atoms with Gasteiger partial charge in [-0.05, 0) is 18.6 Å². The van der Waals surface area contributed by atoms with Gasteiger partial charge in [-0.15, -0.1) is 0 Å². The predicted molar refractivity (Wildman–Crippen MR) is 58.5 cm³/mol. The van der Waals surface area contributed by atoms with Crippen LogP contribution in [0.2, 0.25) is 0 Å². The molecule has 1 rings (SSSR count). The number of rotatable bonds is 5. The number of carbonyl (C=O) groups is 1. The zero-order valence-corrected chi connectivity index (χ0v) is 9.26. The molecule has 0 amide bonds. The standard InChI is InChI=1S/C11H16N2O3/c1-2-3-8-15-11(14)16-10(12)9-6-4-5-7-13-9/h4-7,10H,2-3,8,12H2,1H3. The maximum absolute atomic E-state index is 11.1. The quantitative estimate of drug-likeness (QED) is 0.470. The summed E-state index contributed by atoms with van der Waals surface area (Å²) in [5, 5.41) is 0. The first-order chi connectivity index (χ1) is 7.74. The highest BCUT2D eigenvalue weighted by atomic mass is 16.7. The highest BCUT2D eigenvalue weighted by Gasteiger charge is 2.13. The smallest absolute Gasteiger partial charge is 0.434 e. The third-order valence-electron chi connectivity index (χ3n) is 1.92. The van der Waals surface area contributed by atoms with Crippen molar-refractivity contribution < 1.29 is 14.3 Å². The summed E-state index contributed by atoms with van der Waals surface area (Å²) in [5.74, 6) is 0. The molecule has 0 spiro atoms. The van der Waals surface area contributed by atoms with Crippen molar-refractivity contribution in [1.29, 1.82) is 0 Å². The maximum atomic E-state index is 11.1. The lowest BCUT2D eigenvalue weighted by Crippen LogP contribution is -2.20. The molecule has 0 radical (unpaired) electrons. The Kier molecular flexibility index (Phi) is 5.28. The largest absolute Gasteiger partial charge is 0.510 e. The number of unbranched alkanes of at least 4 members (excludes halogenated alkanes) is 1. The van der Waals surface area contributed by atoms with Crippen molar-refractivity contribution in [1.82, 2.24) is 4.98 Å². The highest BCUT2D eigenvalue weighted by molar-refractivity contribution is 5.60. The lowest BCUT2D eigenvalue weighted by molar-refractivity contribution is 0.0228. The summed E-state index contributed by atoms with van der Waals surface area (Å²) in [4.78, 5) is 15.1. The molecule has 1 aromatic rings. The SMILES string of the molecule is CCCCOC(=O)OC(N)c1ccccn1. The van der Waals surface area contributed by atoms with Crippen molar-refractivity contribution in [3.63, 3.8) is 0 Å². The van der Waals surface area contributed by atoms with E-state index in [0.717, 1.165) is 12.8 Å². The second kappa shape index (κ2) is 6.79. The van der Waals surface area contributed by atoms with Crippen molar-refractivity contribution in [3.8, 4) is 0 Å². The normalized spacial score (nSPS) is 11.9. The molecule has 0 saturated carbocycles. The summed E-state index contributed by atoms with van der Waals surface area (Å²) in [6.07, 6.45) is 1.72. The van der Waals surface area contributed by atoms with Crippen LogP contribution in [-0.2, 0) is 9.47 Å². The van der Waals surface area contributed by atoms with E-state index in [2.05, 4.69) is 4.98 Å². The molecule has 0 bridgehead atoms. The van der Waals surface area contributed by atoms with Gasteiger partial charge in [0, 0.05) is 6.20 Å². The third kappa shape index (κ3) is 4.27. The Morgan fingerprint density at radius 2 is 2.38 bits per heavy atom. The molecule has 5 nitrogen and oxygen atoms in total. The van der Waals surface area contributed by atoms with Gasteiger partial charge in [0.15, 0.2) is 6.23 Å². The van der Waals surface area contributed by atoms with Gasteiger partial charge in [0.2, 0.25) is 0 Å². The van der Waals surface area contributed by atoms with E-state index >= 15 is 0 Å². The predicted octanol–water partition coefficient (Wildman–Crippen LogP) is 1.99. The molecule has 88 valence electrons. The Labute approximate surface area is 94.6 Å². The number of ether oxygens (including phenoxy) is 2. The lowest BCUT2D eigenvalue weighted by Gasteiger charge is -2.11. The van der Waals surface area contributed by atoms with Crippen LogP contribution in [0.25, 0.3) is 0 Å². The second-order valence-corrected chi connectivity index (χ2v) is 3.25. The molecule has 16 heavy (non-hydrogen) atoms. The molecular weight excluding hydrogens is 208 g/mol. The highest BCUT2D eigenvalue weighted by Crippen LogP contribution is 2.08. The van der Waals surface area contributed by atoms with Crippen molar-refractivity contribution >= 4 is 6.16 Å². The fraction of sp³-hybridized carbons (Fsp3) is 0.455. The fourth-order valence-corrected chi connectivity index (χ4v) is 1.04. The first kappa shape index (κ1) is 12.4. The fourth-order valence-electron chi connectivity index (χ4n) is 1.04. The molecule has 0 saturated heterocycles. The lowest BCUT2D eigenvalue weighted by atomic mass is 10.3. The minimum absolute atomic E-state index is 0.351. The zero-order valence-electron chi connectivity index (χ0n) is 9.26. The van der Waals surface area contributed by atoms with Crippen molar-refractivity contribution in [2.75, 3.05) is 6.61 Å². The molecule has 5 heteroatoms. The second-order valence-electron chi connectivity index (χ2n) is 3.25. The molecule has 0 fully saturated rings. The van der Waals surface area contributed by atoms with Gasteiger partial charge in [-0.1, -0.05) is 19.4 Å². The van der Waals surface area contributed by atoms with E-state index in [9.17, 15) is 4.79 Å². The summed E-state index contributed by atoms with van der Waals surface area (Å²) < 4.78 is 9.64. The minimum Gasteiger partial charge on any atom is -0.434 e. The molecule has 1 aromatic heterocycles. The first-order valence-corrected chi connectivity index (χ1v) is 5.24. The molecule has 0 aliphatic heterocycles. The number of aromatic nitrogens is 1. The van der Waals surface area contributed by atoms with E-state index in [1.807, 2.05) is 6.92 Å². The summed E-state index contributed by atoms with van der Waals surface area (Å²) in [6.45, 7) is 2.36. The van der Waals surface area contributed by atoms with Crippen LogP contribution in [0.15, 0.2) is 24.4 Å². The molecule has 2 N–H and O–H groups in total. The Balaban J connectivity index is 2.34. The summed E-state index contributed by atoms with van der Waals surface area (Å²) in [5.41, 5.74) is 6.11. The van der Waals surface area contributed by atoms with Crippen LogP contribution < -0.4 is 5.73 Å². The van der Waals surface area contributed by atoms with Gasteiger partial charge in [-0.25, -0.2) is 4.79 Å². The summed E-state index contributed by atoms with van der Waals surface area (Å²) in [7, 11) is 0. The van der Waals surface area contributed by atoms with E-state index in [1.165, 1.54) is 0 Å². The van der Waals surface area contributed by atoms with Crippen molar-refractivity contribution in [3.05, 3.63) is 30.1 Å². The first-order valence-electron chi connectivity index (χ1n) is 5.24. The van der Waals surface area contributed by atoms with Gasteiger partial charge in [0.05, 0.1) is 12.3 Å². The van der Waals surface area contributed by atoms with Gasteiger partial charge in [0.1, 0.15) is 0 Å². The topological polar surface area (TPSA) is 74.4 Å². The average molecular weight is 224 g/mol. The van der Waals surface area contributed by atoms with Gasteiger partial charge in [-0.3, -0.25) is 10.7 Å². The average Bonchev–Trinajstić information content (AvgIpc) is 2.30. The van der Waals surface area contributed by atoms with Crippen molar-refractivity contribution in [2.24, 2.45) is 5.73 Å². The summed E-state index contributed by atoms with van der Waals surface area (Å²) >= 11 is 0. The third-order valence-corrected chi connectivity index (χ3v) is 1.92. The van der Waals surface area contributed by atoms with Crippen LogP contribution in [0.5, 0.6) is 0 Å². The van der Waals surface area contributed by atoms with Gasteiger partial charge < -0.3 is 9.47 Å². The molecule has 1 atom stereocenters. The van der Waals surface area contributed by atoms with E-state index in [1.54, 1.807) is 24.4 Å². The zero-order chi connectivity index (χ0) is 11.8. The van der Waals surface area contributed by atoms with Gasteiger partial charge in [0.25, 0.3) is 0 Å². The van der Waals surface area contributed by atoms with E-state index in [-0.39, 0.29) is 0 Å².